The fourth-order valence-corrected chi connectivity index (χ4v) is 6.10. The topological polar surface area (TPSA) is 138 Å². The van der Waals surface area contributed by atoms with E-state index in [1.54, 1.807) is 11.3 Å². The summed E-state index contributed by atoms with van der Waals surface area (Å²) in [5.74, 6) is -1.18. The summed E-state index contributed by atoms with van der Waals surface area (Å²) >= 11 is 1.58. The van der Waals surface area contributed by atoms with Crippen LogP contribution in [-0.2, 0) is 30.6 Å². The highest BCUT2D eigenvalue weighted by atomic mass is 32.1. The number of benzene rings is 1. The zero-order valence-corrected chi connectivity index (χ0v) is 27.3. The first kappa shape index (κ1) is 35.3. The zero-order valence-electron chi connectivity index (χ0n) is 26.5. The molecule has 1 saturated heterocycles. The number of aromatic nitrogens is 1. The Morgan fingerprint density at radius 1 is 1.09 bits per heavy atom. The molecule has 0 saturated carbocycles. The maximum absolute atomic E-state index is 13.7. The van der Waals surface area contributed by atoms with Crippen LogP contribution in [0.25, 0.3) is 10.4 Å². The molecule has 1 aliphatic heterocycles. The monoisotopic (exact) mass is 628 g/mol. The maximum Gasteiger partial charge on any atom is 0.324 e. The first-order chi connectivity index (χ1) is 21.0. The van der Waals surface area contributed by atoms with Crippen LogP contribution in [-0.4, -0.2) is 63.8 Å². The van der Waals surface area contributed by atoms with Gasteiger partial charge in [-0.05, 0) is 36.3 Å². The van der Waals surface area contributed by atoms with Gasteiger partial charge in [0.1, 0.15) is 18.4 Å². The van der Waals surface area contributed by atoms with Gasteiger partial charge in [-0.2, -0.15) is 0 Å². The number of hydroxylamine groups is 1. The molecule has 0 aliphatic carbocycles. The number of hydrogen-bond donors (Lipinski definition) is 3. The van der Waals surface area contributed by atoms with Gasteiger partial charge in [-0.3, -0.25) is 14.4 Å². The highest BCUT2D eigenvalue weighted by molar-refractivity contribution is 7.13. The van der Waals surface area contributed by atoms with Gasteiger partial charge in [-0.15, -0.1) is 16.8 Å². The summed E-state index contributed by atoms with van der Waals surface area (Å²) in [6.45, 7) is 7.84. The summed E-state index contributed by atoms with van der Waals surface area (Å²) in [5.41, 5.74) is 6.82. The van der Waals surface area contributed by atoms with Crippen molar-refractivity contribution in [3.05, 3.63) is 41.0 Å². The summed E-state index contributed by atoms with van der Waals surface area (Å²) < 4.78 is 0. The van der Waals surface area contributed by atoms with Crippen LogP contribution in [0.1, 0.15) is 96.2 Å². The number of aliphatic hydroxyl groups is 1. The van der Waals surface area contributed by atoms with Gasteiger partial charge in [-0.1, -0.05) is 77.1 Å². The lowest BCUT2D eigenvalue weighted by molar-refractivity contribution is -0.160. The Bertz CT molecular complexity index is 1230. The van der Waals surface area contributed by atoms with Crippen molar-refractivity contribution >= 4 is 35.4 Å². The molecule has 44 heavy (non-hydrogen) atoms. The van der Waals surface area contributed by atoms with Crippen LogP contribution in [0, 0.1) is 12.3 Å². The smallest absolute Gasteiger partial charge is 0.324 e. The van der Waals surface area contributed by atoms with Crippen LogP contribution in [0.2, 0.25) is 0 Å². The highest BCUT2D eigenvalue weighted by Crippen LogP contribution is 2.28. The molecule has 3 atom stereocenters. The molecule has 1 aliphatic rings. The predicted molar refractivity (Wildman–Crippen MR) is 170 cm³/mol. The molecule has 0 spiro atoms. The third kappa shape index (κ3) is 10.8. The van der Waals surface area contributed by atoms with E-state index in [1.165, 1.54) is 4.90 Å². The maximum atomic E-state index is 13.7. The second-order valence-electron chi connectivity index (χ2n) is 12.6. The van der Waals surface area contributed by atoms with E-state index in [0.29, 0.717) is 12.8 Å². The number of thiazole rings is 1. The molecule has 0 bridgehead atoms. The van der Waals surface area contributed by atoms with Gasteiger partial charge in [0.05, 0.1) is 22.2 Å². The molecular formula is C33H48N4O6S. The van der Waals surface area contributed by atoms with Gasteiger partial charge in [-0.25, -0.2) is 4.98 Å². The number of nitrogens with one attached hydrogen (secondary N) is 2. The Balaban J connectivity index is 1.49. The van der Waals surface area contributed by atoms with Crippen molar-refractivity contribution in [1.29, 1.82) is 0 Å². The molecule has 3 N–H and O–H groups in total. The molecule has 2 aromatic rings. The predicted octanol–water partition coefficient (Wildman–Crippen LogP) is 4.87. The fraction of sp³-hybridized carbons (Fsp3) is 0.606. The number of β-amino-alcohol motifs (C(OH)–C–C–N with tert-alkyl or cyclic N) is 1. The average molecular weight is 629 g/mol. The number of hydrogen-bond acceptors (Lipinski definition) is 9. The number of likely N-dealkylation sites (tertiary alicyclic amines) is 1. The molecular weight excluding hydrogens is 580 g/mol. The van der Waals surface area contributed by atoms with Crippen molar-refractivity contribution in [2.75, 3.05) is 6.54 Å². The Labute approximate surface area is 264 Å². The molecule has 10 nitrogen and oxygen atoms in total. The Morgan fingerprint density at radius 2 is 1.75 bits per heavy atom. The van der Waals surface area contributed by atoms with Gasteiger partial charge in [0.2, 0.25) is 11.8 Å². The lowest BCUT2D eigenvalue weighted by Crippen LogP contribution is -2.56. The molecule has 1 unspecified atom stereocenters. The minimum atomic E-state index is -0.902. The minimum absolute atomic E-state index is 0.0250. The van der Waals surface area contributed by atoms with Crippen LogP contribution in [0.15, 0.2) is 29.8 Å². The van der Waals surface area contributed by atoms with Gasteiger partial charge >= 0.3 is 5.97 Å². The van der Waals surface area contributed by atoms with Gasteiger partial charge in [0.25, 0.3) is 0 Å². The average Bonchev–Trinajstić information content (AvgIpc) is 3.60. The SMILES string of the molecule is Cc1ncsc1-c1ccc(CNC(=O)[C@H]2C[C@H](O)CN2C(=O)C(NOC(=O)CCCCCCCCCC=O)C(C)(C)C)cc1. The molecule has 1 aromatic heterocycles. The third-order valence-corrected chi connectivity index (χ3v) is 8.88. The molecule has 2 amide bonds. The summed E-state index contributed by atoms with van der Waals surface area (Å²) in [6.07, 6.45) is 7.86. The quantitative estimate of drug-likeness (QED) is 0.128. The van der Waals surface area contributed by atoms with E-state index in [0.717, 1.165) is 66.5 Å². The van der Waals surface area contributed by atoms with Crippen LogP contribution in [0.4, 0.5) is 0 Å². The first-order valence-corrected chi connectivity index (χ1v) is 16.5. The number of aryl methyl sites for hydroxylation is 1. The zero-order chi connectivity index (χ0) is 32.1. The van der Waals surface area contributed by atoms with Crippen LogP contribution >= 0.6 is 11.3 Å². The Kier molecular flexibility index (Phi) is 13.9. The van der Waals surface area contributed by atoms with E-state index in [2.05, 4.69) is 15.8 Å². The highest BCUT2D eigenvalue weighted by Gasteiger charge is 2.44. The first-order valence-electron chi connectivity index (χ1n) is 15.7. The lowest BCUT2D eigenvalue weighted by atomic mass is 9.86. The Hall–Kier alpha value is -3.15. The van der Waals surface area contributed by atoms with Crippen molar-refractivity contribution < 1.29 is 29.1 Å². The van der Waals surface area contributed by atoms with E-state index >= 15 is 0 Å². The van der Waals surface area contributed by atoms with Crippen LogP contribution in [0.3, 0.4) is 0 Å². The largest absolute Gasteiger partial charge is 0.391 e. The summed E-state index contributed by atoms with van der Waals surface area (Å²) in [4.78, 5) is 61.8. The number of amides is 2. The summed E-state index contributed by atoms with van der Waals surface area (Å²) in [7, 11) is 0. The summed E-state index contributed by atoms with van der Waals surface area (Å²) in [6, 6.07) is 6.16. The van der Waals surface area contributed by atoms with Gasteiger partial charge < -0.3 is 25.0 Å². The number of aliphatic hydroxyl groups excluding tert-OH is 1. The molecule has 242 valence electrons. The van der Waals surface area contributed by atoms with E-state index in [9.17, 15) is 24.3 Å². The van der Waals surface area contributed by atoms with Crippen LogP contribution in [0.5, 0.6) is 0 Å². The molecule has 1 fully saturated rings. The Morgan fingerprint density at radius 3 is 2.36 bits per heavy atom. The minimum Gasteiger partial charge on any atom is -0.391 e. The van der Waals surface area contributed by atoms with Crippen molar-refractivity contribution in [2.24, 2.45) is 5.41 Å². The molecule has 2 heterocycles. The number of rotatable bonds is 17. The van der Waals surface area contributed by atoms with E-state index in [1.807, 2.05) is 57.5 Å². The van der Waals surface area contributed by atoms with Crippen molar-refractivity contribution in [2.45, 2.75) is 117 Å². The van der Waals surface area contributed by atoms with E-state index < -0.39 is 35.5 Å². The van der Waals surface area contributed by atoms with E-state index in [-0.39, 0.29) is 31.8 Å². The number of unbranched alkanes of at least 4 members (excludes halogenated alkanes) is 7. The molecule has 11 heteroatoms. The van der Waals surface area contributed by atoms with E-state index in [4.69, 9.17) is 4.84 Å². The number of nitrogens with zero attached hydrogens (tertiary/aromatic N) is 2. The van der Waals surface area contributed by atoms with Crippen molar-refractivity contribution in [1.82, 2.24) is 20.7 Å². The standard InChI is InChI=1S/C33H48N4O6S/c1-23-29(44-22-35-23)25-16-14-24(15-17-25)20-34-31(41)27-19-26(39)21-37(27)32(42)30(33(2,3)4)36-43-28(40)13-11-9-7-5-6-8-10-12-18-38/h14-18,22,26-27,30,36,39H,5-13,19-21H2,1-4H3,(H,34,41)/t26-,27+,30?/m0/s1. The van der Waals surface area contributed by atoms with Crippen LogP contribution < -0.4 is 10.8 Å². The lowest BCUT2D eigenvalue weighted by Gasteiger charge is -2.34. The normalized spacial score (nSPS) is 17.3. The summed E-state index contributed by atoms with van der Waals surface area (Å²) in [5, 5.41) is 13.3. The van der Waals surface area contributed by atoms with Crippen molar-refractivity contribution in [3.8, 4) is 10.4 Å². The third-order valence-electron chi connectivity index (χ3n) is 7.90. The second-order valence-corrected chi connectivity index (χ2v) is 13.5. The second kappa shape index (κ2) is 17.4. The van der Waals surface area contributed by atoms with Gasteiger partial charge in [0, 0.05) is 32.4 Å². The fourth-order valence-electron chi connectivity index (χ4n) is 5.29. The van der Waals surface area contributed by atoms with Crippen molar-refractivity contribution in [3.63, 3.8) is 0 Å². The molecule has 3 rings (SSSR count). The number of carbonyl (C=O) groups is 4. The molecule has 1 aromatic carbocycles. The number of carbonyl (C=O) groups excluding carboxylic acids is 4. The molecule has 0 radical (unpaired) electrons. The van der Waals surface area contributed by atoms with Gasteiger partial charge in [0.15, 0.2) is 0 Å². The number of aldehydes is 1.